The van der Waals surface area contributed by atoms with Crippen molar-refractivity contribution in [3.63, 3.8) is 0 Å². The van der Waals surface area contributed by atoms with Crippen molar-refractivity contribution in [2.45, 2.75) is 24.5 Å². The summed E-state index contributed by atoms with van der Waals surface area (Å²) in [6, 6.07) is 7.06. The SMILES string of the molecule is CCN1CCN(C(=O)CC2CSc3nc4c(cnn4-c4ccc(Cl)cc4)c(=O)n32)CC1. The summed E-state index contributed by atoms with van der Waals surface area (Å²) in [4.78, 5) is 35.1. The molecule has 0 saturated carbocycles. The van der Waals surface area contributed by atoms with E-state index in [4.69, 9.17) is 16.6 Å². The van der Waals surface area contributed by atoms with Crippen LogP contribution in [-0.2, 0) is 4.79 Å². The quantitative estimate of drug-likeness (QED) is 0.559. The number of benzene rings is 1. The lowest BCUT2D eigenvalue weighted by Gasteiger charge is -2.34. The molecule has 162 valence electrons. The van der Waals surface area contributed by atoms with Gasteiger partial charge in [0.1, 0.15) is 5.39 Å². The Kier molecular flexibility index (Phi) is 5.49. The topological polar surface area (TPSA) is 76.3 Å². The van der Waals surface area contributed by atoms with Crippen molar-refractivity contribution in [3.05, 3.63) is 45.8 Å². The van der Waals surface area contributed by atoms with Crippen LogP contribution in [0.5, 0.6) is 0 Å². The Morgan fingerprint density at radius 3 is 2.65 bits per heavy atom. The Bertz CT molecular complexity index is 1180. The monoisotopic (exact) mass is 458 g/mol. The second kappa shape index (κ2) is 8.29. The van der Waals surface area contributed by atoms with Crippen molar-refractivity contribution in [2.24, 2.45) is 0 Å². The number of carbonyl (C=O) groups is 1. The molecule has 31 heavy (non-hydrogen) atoms. The van der Waals surface area contributed by atoms with E-state index >= 15 is 0 Å². The van der Waals surface area contributed by atoms with Gasteiger partial charge in [-0.05, 0) is 30.8 Å². The molecule has 3 aromatic rings. The van der Waals surface area contributed by atoms with Gasteiger partial charge in [-0.2, -0.15) is 5.10 Å². The number of carbonyl (C=O) groups excluding carboxylic acids is 1. The third-order valence-corrected chi connectivity index (χ3v) is 7.37. The lowest BCUT2D eigenvalue weighted by Crippen LogP contribution is -2.49. The Hall–Kier alpha value is -2.36. The minimum Gasteiger partial charge on any atom is -0.340 e. The third-order valence-electron chi connectivity index (χ3n) is 6.02. The Labute approximate surface area is 188 Å². The van der Waals surface area contributed by atoms with Crippen molar-refractivity contribution in [1.29, 1.82) is 0 Å². The van der Waals surface area contributed by atoms with Crippen LogP contribution >= 0.6 is 23.4 Å². The summed E-state index contributed by atoms with van der Waals surface area (Å²) in [5, 5.41) is 6.11. The molecule has 0 bridgehead atoms. The first-order valence-corrected chi connectivity index (χ1v) is 11.8. The Balaban J connectivity index is 1.41. The fourth-order valence-electron chi connectivity index (χ4n) is 4.20. The number of nitrogens with zero attached hydrogens (tertiary/aromatic N) is 6. The van der Waals surface area contributed by atoms with Gasteiger partial charge in [-0.1, -0.05) is 30.3 Å². The number of rotatable bonds is 4. The van der Waals surface area contributed by atoms with Gasteiger partial charge < -0.3 is 9.80 Å². The molecule has 2 aromatic heterocycles. The van der Waals surface area contributed by atoms with Gasteiger partial charge in [-0.15, -0.1) is 0 Å². The van der Waals surface area contributed by atoms with Crippen molar-refractivity contribution in [1.82, 2.24) is 29.1 Å². The average Bonchev–Trinajstić information content (AvgIpc) is 3.39. The summed E-state index contributed by atoms with van der Waals surface area (Å²) >= 11 is 7.50. The van der Waals surface area contributed by atoms with Crippen LogP contribution in [0, 0.1) is 0 Å². The maximum Gasteiger partial charge on any atom is 0.265 e. The van der Waals surface area contributed by atoms with Crippen molar-refractivity contribution >= 4 is 40.3 Å². The van der Waals surface area contributed by atoms with E-state index in [1.54, 1.807) is 27.6 Å². The minimum atomic E-state index is -0.181. The highest BCUT2D eigenvalue weighted by molar-refractivity contribution is 7.99. The number of aromatic nitrogens is 4. The van der Waals surface area contributed by atoms with E-state index in [1.807, 2.05) is 17.0 Å². The number of amides is 1. The van der Waals surface area contributed by atoms with E-state index in [0.717, 1.165) is 38.4 Å². The fourth-order valence-corrected chi connectivity index (χ4v) is 5.45. The molecule has 5 rings (SSSR count). The molecule has 2 aliphatic rings. The molecule has 1 amide bonds. The van der Waals surface area contributed by atoms with Gasteiger partial charge in [0.2, 0.25) is 5.91 Å². The number of halogens is 1. The molecule has 1 atom stereocenters. The Morgan fingerprint density at radius 1 is 1.19 bits per heavy atom. The molecule has 2 aliphatic heterocycles. The maximum atomic E-state index is 13.3. The number of fused-ring (bicyclic) bond motifs is 2. The maximum absolute atomic E-state index is 13.3. The molecule has 1 saturated heterocycles. The van der Waals surface area contributed by atoms with Gasteiger partial charge in [0.05, 0.1) is 17.9 Å². The number of piperazine rings is 1. The average molecular weight is 459 g/mol. The second-order valence-corrected chi connectivity index (χ2v) is 9.25. The second-order valence-electron chi connectivity index (χ2n) is 7.82. The van der Waals surface area contributed by atoms with E-state index in [0.29, 0.717) is 33.4 Å². The number of thioether (sulfide) groups is 1. The molecule has 0 N–H and O–H groups in total. The zero-order valence-corrected chi connectivity index (χ0v) is 18.8. The molecule has 10 heteroatoms. The van der Waals surface area contributed by atoms with E-state index in [1.165, 1.54) is 11.8 Å². The van der Waals surface area contributed by atoms with E-state index in [9.17, 15) is 9.59 Å². The number of hydrogen-bond donors (Lipinski definition) is 0. The normalized spacial score (nSPS) is 19.2. The van der Waals surface area contributed by atoms with E-state index in [-0.39, 0.29) is 17.5 Å². The first-order valence-electron chi connectivity index (χ1n) is 10.4. The largest absolute Gasteiger partial charge is 0.340 e. The predicted octanol–water partition coefficient (Wildman–Crippen LogP) is 2.44. The molecule has 0 spiro atoms. The van der Waals surface area contributed by atoms with Crippen LogP contribution < -0.4 is 5.56 Å². The lowest BCUT2D eigenvalue weighted by atomic mass is 10.2. The molecule has 1 fully saturated rings. The summed E-state index contributed by atoms with van der Waals surface area (Å²) in [6.45, 7) is 6.46. The van der Waals surface area contributed by atoms with Gasteiger partial charge in [-0.3, -0.25) is 14.2 Å². The summed E-state index contributed by atoms with van der Waals surface area (Å²) in [5.41, 5.74) is 1.17. The number of hydrogen-bond acceptors (Lipinski definition) is 6. The summed E-state index contributed by atoms with van der Waals surface area (Å²) in [5.74, 6) is 0.780. The van der Waals surface area contributed by atoms with Gasteiger partial charge in [0, 0.05) is 43.4 Å². The summed E-state index contributed by atoms with van der Waals surface area (Å²) in [6.07, 6.45) is 1.88. The van der Waals surface area contributed by atoms with Crippen LogP contribution in [0.4, 0.5) is 0 Å². The fraction of sp³-hybridized carbons (Fsp3) is 0.429. The number of likely N-dealkylation sites (N-methyl/N-ethyl adjacent to an activating group) is 1. The smallest absolute Gasteiger partial charge is 0.265 e. The van der Waals surface area contributed by atoms with Crippen LogP contribution in [0.2, 0.25) is 5.02 Å². The molecule has 0 aliphatic carbocycles. The van der Waals surface area contributed by atoms with Gasteiger partial charge in [0.25, 0.3) is 5.56 Å². The first-order chi connectivity index (χ1) is 15.0. The van der Waals surface area contributed by atoms with Crippen molar-refractivity contribution < 1.29 is 4.79 Å². The molecule has 0 radical (unpaired) electrons. The van der Waals surface area contributed by atoms with E-state index < -0.39 is 0 Å². The molecular weight excluding hydrogens is 436 g/mol. The summed E-state index contributed by atoms with van der Waals surface area (Å²) < 4.78 is 3.33. The van der Waals surface area contributed by atoms with Gasteiger partial charge in [-0.25, -0.2) is 9.67 Å². The minimum absolute atomic E-state index is 0.109. The zero-order valence-electron chi connectivity index (χ0n) is 17.2. The molecular formula is C21H23ClN6O2S. The van der Waals surface area contributed by atoms with Crippen LogP contribution in [0.15, 0.2) is 40.4 Å². The first kappa shape index (κ1) is 20.5. The highest BCUT2D eigenvalue weighted by Crippen LogP contribution is 2.34. The third kappa shape index (κ3) is 3.75. The predicted molar refractivity (Wildman–Crippen MR) is 121 cm³/mol. The van der Waals surface area contributed by atoms with Gasteiger partial charge >= 0.3 is 0 Å². The van der Waals surface area contributed by atoms with Crippen LogP contribution in [0.25, 0.3) is 16.7 Å². The molecule has 4 heterocycles. The van der Waals surface area contributed by atoms with Crippen LogP contribution in [0.3, 0.4) is 0 Å². The Morgan fingerprint density at radius 2 is 1.94 bits per heavy atom. The molecule has 8 nitrogen and oxygen atoms in total. The van der Waals surface area contributed by atoms with Crippen molar-refractivity contribution in [3.8, 4) is 5.69 Å². The highest BCUT2D eigenvalue weighted by atomic mass is 35.5. The highest BCUT2D eigenvalue weighted by Gasteiger charge is 2.31. The van der Waals surface area contributed by atoms with Crippen LogP contribution in [0.1, 0.15) is 19.4 Å². The van der Waals surface area contributed by atoms with Crippen LogP contribution in [-0.4, -0.2) is 73.5 Å². The lowest BCUT2D eigenvalue weighted by molar-refractivity contribution is -0.133. The van der Waals surface area contributed by atoms with E-state index in [2.05, 4.69) is 16.9 Å². The summed E-state index contributed by atoms with van der Waals surface area (Å²) in [7, 11) is 0. The zero-order chi connectivity index (χ0) is 21.5. The van der Waals surface area contributed by atoms with Gasteiger partial charge in [0.15, 0.2) is 10.8 Å². The molecule has 1 aromatic carbocycles. The molecule has 1 unspecified atom stereocenters. The standard InChI is InChI=1S/C21H23ClN6O2S/c1-2-25-7-9-26(10-8-25)18(29)11-16-13-31-21-24-19-17(20(30)27(16)21)12-23-28(19)15-5-3-14(22)4-6-15/h3-6,12,16H,2,7-11,13H2,1H3. The van der Waals surface area contributed by atoms with Crippen molar-refractivity contribution in [2.75, 3.05) is 38.5 Å².